The lowest BCUT2D eigenvalue weighted by Gasteiger charge is -2.23. The molecule has 1 aromatic carbocycles. The van der Waals surface area contributed by atoms with Crippen LogP contribution >= 0.6 is 24.0 Å². The minimum atomic E-state index is -1.05. The van der Waals surface area contributed by atoms with Gasteiger partial charge in [-0.15, -0.1) is 11.3 Å². The molecule has 2 aromatic rings. The Kier molecular flexibility index (Phi) is 6.02. The normalized spacial score (nSPS) is 18.9. The Labute approximate surface area is 165 Å². The molecule has 0 spiro atoms. The van der Waals surface area contributed by atoms with E-state index >= 15 is 0 Å². The lowest BCUT2D eigenvalue weighted by atomic mass is 10.2. The van der Waals surface area contributed by atoms with Gasteiger partial charge in [-0.3, -0.25) is 9.69 Å². The van der Waals surface area contributed by atoms with E-state index in [-0.39, 0.29) is 22.6 Å². The first-order valence-electron chi connectivity index (χ1n) is 8.23. The molecule has 142 valence electrons. The standard InChI is InChI=1S/C18H18N2O5S2/c21-16(19-15-7-6-14(27-15)17(22)23)13-8-12(26)9-20(13)18(24)25-10-11-4-2-1-3-5-11/h1-7,12-13,26H,8-10H2,(H,19,21)(H,22,23). The number of aromatic carboxylic acids is 1. The Balaban J connectivity index is 1.62. The number of amides is 2. The van der Waals surface area contributed by atoms with Gasteiger partial charge >= 0.3 is 12.1 Å². The minimum absolute atomic E-state index is 0.120. The lowest BCUT2D eigenvalue weighted by Crippen LogP contribution is -2.43. The second kappa shape index (κ2) is 8.45. The molecule has 1 aromatic heterocycles. The molecular weight excluding hydrogens is 388 g/mol. The van der Waals surface area contributed by atoms with E-state index in [0.29, 0.717) is 18.0 Å². The molecule has 3 rings (SSSR count). The van der Waals surface area contributed by atoms with E-state index in [0.717, 1.165) is 16.9 Å². The Bertz CT molecular complexity index is 839. The van der Waals surface area contributed by atoms with Crippen molar-refractivity contribution in [3.8, 4) is 0 Å². The average molecular weight is 406 g/mol. The second-order valence-electron chi connectivity index (χ2n) is 6.06. The number of carbonyl (C=O) groups excluding carboxylic acids is 2. The Hall–Kier alpha value is -2.52. The summed E-state index contributed by atoms with van der Waals surface area (Å²) in [5.74, 6) is -1.44. The number of thiol groups is 1. The molecule has 2 unspecified atom stereocenters. The molecule has 9 heteroatoms. The molecule has 1 aliphatic heterocycles. The van der Waals surface area contributed by atoms with Gasteiger partial charge in [0.1, 0.15) is 17.5 Å². The number of rotatable bonds is 5. The van der Waals surface area contributed by atoms with Crippen molar-refractivity contribution >= 4 is 46.9 Å². The number of hydrogen-bond donors (Lipinski definition) is 3. The molecule has 2 atom stereocenters. The van der Waals surface area contributed by atoms with Crippen molar-refractivity contribution in [2.24, 2.45) is 0 Å². The predicted molar refractivity (Wildman–Crippen MR) is 104 cm³/mol. The maximum absolute atomic E-state index is 12.6. The number of hydrogen-bond acceptors (Lipinski definition) is 6. The van der Waals surface area contributed by atoms with E-state index < -0.39 is 18.1 Å². The van der Waals surface area contributed by atoms with Crippen molar-refractivity contribution in [3.05, 3.63) is 52.9 Å². The number of nitrogens with zero attached hydrogens (tertiary/aromatic N) is 1. The van der Waals surface area contributed by atoms with Crippen molar-refractivity contribution < 1.29 is 24.2 Å². The van der Waals surface area contributed by atoms with Gasteiger partial charge in [-0.05, 0) is 24.1 Å². The fourth-order valence-corrected chi connectivity index (χ4v) is 3.91. The van der Waals surface area contributed by atoms with Gasteiger partial charge in [-0.25, -0.2) is 9.59 Å². The topological polar surface area (TPSA) is 95.9 Å². The van der Waals surface area contributed by atoms with Gasteiger partial charge in [-0.1, -0.05) is 30.3 Å². The van der Waals surface area contributed by atoms with Gasteiger partial charge < -0.3 is 15.2 Å². The van der Waals surface area contributed by atoms with Crippen LogP contribution in [0.25, 0.3) is 0 Å². The molecule has 2 amide bonds. The molecule has 0 bridgehead atoms. The van der Waals surface area contributed by atoms with E-state index in [1.807, 2.05) is 30.3 Å². The summed E-state index contributed by atoms with van der Waals surface area (Å²) < 4.78 is 5.32. The van der Waals surface area contributed by atoms with Crippen molar-refractivity contribution in [2.75, 3.05) is 11.9 Å². The van der Waals surface area contributed by atoms with Crippen LogP contribution in [0.4, 0.5) is 9.80 Å². The van der Waals surface area contributed by atoms with E-state index in [1.165, 1.54) is 17.0 Å². The van der Waals surface area contributed by atoms with Gasteiger partial charge in [0.25, 0.3) is 0 Å². The Morgan fingerprint density at radius 1 is 1.22 bits per heavy atom. The van der Waals surface area contributed by atoms with Crippen molar-refractivity contribution in [1.29, 1.82) is 0 Å². The van der Waals surface area contributed by atoms with Gasteiger partial charge in [0.2, 0.25) is 5.91 Å². The highest BCUT2D eigenvalue weighted by atomic mass is 32.1. The molecule has 1 aliphatic rings. The zero-order valence-electron chi connectivity index (χ0n) is 14.2. The third-order valence-electron chi connectivity index (χ3n) is 4.08. The minimum Gasteiger partial charge on any atom is -0.477 e. The molecule has 1 saturated heterocycles. The van der Waals surface area contributed by atoms with Gasteiger partial charge in [0.15, 0.2) is 0 Å². The Morgan fingerprint density at radius 2 is 1.96 bits per heavy atom. The van der Waals surface area contributed by atoms with Crippen LogP contribution < -0.4 is 5.32 Å². The van der Waals surface area contributed by atoms with Crippen LogP contribution in [0, 0.1) is 0 Å². The number of carboxylic acid groups (broad SMARTS) is 1. The average Bonchev–Trinajstić information content (AvgIpc) is 3.27. The van der Waals surface area contributed by atoms with Gasteiger partial charge in [-0.2, -0.15) is 12.6 Å². The number of likely N-dealkylation sites (tertiary alicyclic amines) is 1. The van der Waals surface area contributed by atoms with E-state index in [1.54, 1.807) is 0 Å². The molecule has 27 heavy (non-hydrogen) atoms. The van der Waals surface area contributed by atoms with Crippen molar-refractivity contribution in [3.63, 3.8) is 0 Å². The lowest BCUT2D eigenvalue weighted by molar-refractivity contribution is -0.120. The first-order chi connectivity index (χ1) is 12.9. The third-order valence-corrected chi connectivity index (χ3v) is 5.45. The monoisotopic (exact) mass is 406 g/mol. The van der Waals surface area contributed by atoms with Crippen molar-refractivity contribution in [1.82, 2.24) is 4.90 Å². The van der Waals surface area contributed by atoms with Crippen molar-refractivity contribution in [2.45, 2.75) is 24.3 Å². The number of benzene rings is 1. The molecular formula is C18H18N2O5S2. The summed E-state index contributed by atoms with van der Waals surface area (Å²) in [5, 5.41) is 11.9. The Morgan fingerprint density at radius 3 is 2.63 bits per heavy atom. The van der Waals surface area contributed by atoms with E-state index in [4.69, 9.17) is 9.84 Å². The van der Waals surface area contributed by atoms with Crippen LogP contribution in [-0.2, 0) is 16.1 Å². The molecule has 0 radical (unpaired) electrons. The quantitative estimate of drug-likeness (QED) is 0.663. The maximum Gasteiger partial charge on any atom is 0.410 e. The van der Waals surface area contributed by atoms with E-state index in [2.05, 4.69) is 17.9 Å². The predicted octanol–water partition coefficient (Wildman–Crippen LogP) is 3.09. The number of thiophene rings is 1. The fraction of sp³-hybridized carbons (Fsp3) is 0.278. The zero-order chi connectivity index (χ0) is 19.4. The molecule has 7 nitrogen and oxygen atoms in total. The molecule has 0 aliphatic carbocycles. The van der Waals surface area contributed by atoms with Gasteiger partial charge in [0, 0.05) is 11.8 Å². The van der Waals surface area contributed by atoms with Crippen LogP contribution in [0.5, 0.6) is 0 Å². The highest BCUT2D eigenvalue weighted by Crippen LogP contribution is 2.27. The van der Waals surface area contributed by atoms with Crippen LogP contribution in [0.3, 0.4) is 0 Å². The highest BCUT2D eigenvalue weighted by Gasteiger charge is 2.39. The molecule has 2 N–H and O–H groups in total. The van der Waals surface area contributed by atoms with Gasteiger partial charge in [0.05, 0.1) is 5.00 Å². The number of nitrogens with one attached hydrogen (secondary N) is 1. The fourth-order valence-electron chi connectivity index (χ4n) is 2.79. The van der Waals surface area contributed by atoms with Crippen LogP contribution in [0.2, 0.25) is 0 Å². The largest absolute Gasteiger partial charge is 0.477 e. The summed E-state index contributed by atoms with van der Waals surface area (Å²) in [5.41, 5.74) is 0.855. The summed E-state index contributed by atoms with van der Waals surface area (Å²) in [6.45, 7) is 0.425. The smallest absolute Gasteiger partial charge is 0.410 e. The van der Waals surface area contributed by atoms with Crippen LogP contribution in [-0.4, -0.2) is 45.8 Å². The van der Waals surface area contributed by atoms with Crippen LogP contribution in [0.1, 0.15) is 21.7 Å². The molecule has 1 fully saturated rings. The second-order valence-corrected chi connectivity index (χ2v) is 7.87. The molecule has 2 heterocycles. The number of ether oxygens (including phenoxy) is 1. The summed E-state index contributed by atoms with van der Waals surface area (Å²) in [7, 11) is 0. The SMILES string of the molecule is O=C(O)c1ccc(NC(=O)C2CC(S)CN2C(=O)OCc2ccccc2)s1. The summed E-state index contributed by atoms with van der Waals surface area (Å²) in [6, 6.07) is 11.5. The summed E-state index contributed by atoms with van der Waals surface area (Å²) >= 11 is 5.35. The number of carbonyl (C=O) groups is 3. The number of anilines is 1. The summed E-state index contributed by atoms with van der Waals surface area (Å²) in [6.07, 6.45) is -0.181. The number of carboxylic acids is 1. The highest BCUT2D eigenvalue weighted by molar-refractivity contribution is 7.81. The van der Waals surface area contributed by atoms with E-state index in [9.17, 15) is 14.4 Å². The summed E-state index contributed by atoms with van der Waals surface area (Å²) in [4.78, 5) is 37.5. The third kappa shape index (κ3) is 4.81. The van der Waals surface area contributed by atoms with Crippen LogP contribution in [0.15, 0.2) is 42.5 Å². The maximum atomic E-state index is 12.6. The molecule has 0 saturated carbocycles. The zero-order valence-corrected chi connectivity index (χ0v) is 15.9. The first-order valence-corrected chi connectivity index (χ1v) is 9.56. The first kappa shape index (κ1) is 19.2.